The van der Waals surface area contributed by atoms with Gasteiger partial charge in [0.2, 0.25) is 0 Å². The van der Waals surface area contributed by atoms with Crippen molar-refractivity contribution in [3.8, 4) is 21.1 Å². The molecular formula is C64H79BN4S2. The van der Waals surface area contributed by atoms with Gasteiger partial charge in [-0.1, -0.05) is 229 Å². The van der Waals surface area contributed by atoms with E-state index in [1.807, 2.05) is 22.7 Å². The second kappa shape index (κ2) is 16.8. The highest BCUT2D eigenvalue weighted by Crippen LogP contribution is 2.52. The molecule has 7 heteroatoms. The quantitative estimate of drug-likeness (QED) is 0.165. The van der Waals surface area contributed by atoms with Crippen LogP contribution in [-0.4, -0.2) is 16.7 Å². The van der Waals surface area contributed by atoms with Crippen molar-refractivity contribution in [2.45, 2.75) is 183 Å². The van der Waals surface area contributed by atoms with Gasteiger partial charge in [-0.05, 0) is 119 Å². The van der Waals surface area contributed by atoms with Crippen LogP contribution >= 0.6 is 22.7 Å². The minimum atomic E-state index is -0.204. The molecule has 0 saturated carbocycles. The van der Waals surface area contributed by atoms with Gasteiger partial charge in [0.25, 0.3) is 0 Å². The Morgan fingerprint density at radius 2 is 0.606 bits per heavy atom. The number of benzene rings is 5. The highest BCUT2D eigenvalue weighted by atomic mass is 32.1. The van der Waals surface area contributed by atoms with Crippen molar-refractivity contribution in [1.82, 2.24) is 9.97 Å². The average Bonchev–Trinajstić information content (AvgIpc) is 3.90. The summed E-state index contributed by atoms with van der Waals surface area (Å²) in [7, 11) is 0. The highest BCUT2D eigenvalue weighted by Gasteiger charge is 2.49. The smallest absolute Gasteiger partial charge is 0.300 e. The average molecular weight is 979 g/mol. The molecule has 0 saturated heterocycles. The summed E-state index contributed by atoms with van der Waals surface area (Å²) in [5.74, 6) is 0. The predicted octanol–water partition coefficient (Wildman–Crippen LogP) is 17.1. The van der Waals surface area contributed by atoms with Gasteiger partial charge >= 0.3 is 6.71 Å². The van der Waals surface area contributed by atoms with Crippen LogP contribution in [0.4, 0.5) is 32.8 Å². The Balaban J connectivity index is 1.43. The Hall–Kier alpha value is -4.98. The molecule has 0 amide bonds. The lowest BCUT2D eigenvalue weighted by molar-refractivity contribution is 0.568. The summed E-state index contributed by atoms with van der Waals surface area (Å²) in [5.41, 5.74) is 19.3. The van der Waals surface area contributed by atoms with Crippen LogP contribution < -0.4 is 26.4 Å². The zero-order valence-electron chi connectivity index (χ0n) is 46.9. The minimum absolute atomic E-state index is 0.0445. The van der Waals surface area contributed by atoms with Crippen LogP contribution in [0.5, 0.6) is 0 Å². The fraction of sp³-hybridized carbons (Fsp3) is 0.438. The molecule has 4 heterocycles. The molecule has 2 aliphatic rings. The van der Waals surface area contributed by atoms with Crippen LogP contribution in [0.3, 0.4) is 0 Å². The molecule has 2 aromatic heterocycles. The fourth-order valence-corrected chi connectivity index (χ4v) is 12.2. The van der Waals surface area contributed by atoms with E-state index in [4.69, 9.17) is 9.97 Å². The fourth-order valence-electron chi connectivity index (χ4n) is 9.89. The second-order valence-corrected chi connectivity index (χ2v) is 29.8. The Labute approximate surface area is 436 Å². The van der Waals surface area contributed by atoms with Gasteiger partial charge in [-0.25, -0.2) is 9.97 Å². The minimum Gasteiger partial charge on any atom is -0.301 e. The summed E-state index contributed by atoms with van der Waals surface area (Å²) >= 11 is 3.65. The second-order valence-electron chi connectivity index (χ2n) is 27.9. The first-order chi connectivity index (χ1) is 32.6. The Morgan fingerprint density at radius 1 is 0.338 bits per heavy atom. The number of anilines is 6. The number of rotatable bonds is 4. The van der Waals surface area contributed by atoms with Crippen molar-refractivity contribution in [3.05, 3.63) is 136 Å². The van der Waals surface area contributed by atoms with E-state index in [-0.39, 0.29) is 44.6 Å². The summed E-state index contributed by atoms with van der Waals surface area (Å²) in [4.78, 5) is 16.9. The van der Waals surface area contributed by atoms with E-state index >= 15 is 0 Å². The molecule has 71 heavy (non-hydrogen) atoms. The van der Waals surface area contributed by atoms with E-state index in [1.54, 1.807) is 0 Å². The van der Waals surface area contributed by atoms with E-state index in [0.717, 1.165) is 42.3 Å². The van der Waals surface area contributed by atoms with Crippen LogP contribution in [0, 0.1) is 0 Å². The van der Waals surface area contributed by atoms with Crippen LogP contribution in [0.15, 0.2) is 97.1 Å². The first-order valence-electron chi connectivity index (χ1n) is 25.9. The van der Waals surface area contributed by atoms with Gasteiger partial charge in [-0.15, -0.1) is 0 Å². The van der Waals surface area contributed by atoms with E-state index in [9.17, 15) is 0 Å². The summed E-state index contributed by atoms with van der Waals surface area (Å²) in [6.07, 6.45) is 0. The topological polar surface area (TPSA) is 32.3 Å². The molecule has 9 rings (SSSR count). The lowest BCUT2D eigenvalue weighted by atomic mass is 9.37. The van der Waals surface area contributed by atoms with Crippen molar-refractivity contribution in [2.24, 2.45) is 0 Å². The molecule has 0 atom stereocenters. The molecule has 0 fully saturated rings. The van der Waals surface area contributed by atoms with Gasteiger partial charge in [-0.3, -0.25) is 0 Å². The van der Waals surface area contributed by atoms with E-state index in [1.165, 1.54) is 67.2 Å². The molecule has 0 spiro atoms. The maximum atomic E-state index is 5.86. The lowest BCUT2D eigenvalue weighted by Gasteiger charge is -2.42. The van der Waals surface area contributed by atoms with Crippen LogP contribution in [0.2, 0.25) is 0 Å². The number of aromatic nitrogens is 2. The maximum absolute atomic E-state index is 5.86. The van der Waals surface area contributed by atoms with Crippen molar-refractivity contribution >= 4 is 78.8 Å². The zero-order chi connectivity index (χ0) is 51.9. The van der Waals surface area contributed by atoms with E-state index in [2.05, 4.69) is 252 Å². The first kappa shape index (κ1) is 50.9. The van der Waals surface area contributed by atoms with Gasteiger partial charge < -0.3 is 9.80 Å². The van der Waals surface area contributed by atoms with Gasteiger partial charge in [0, 0.05) is 33.9 Å². The molecule has 0 radical (unpaired) electrons. The predicted molar refractivity (Wildman–Crippen MR) is 314 cm³/mol. The Morgan fingerprint density at radius 3 is 0.873 bits per heavy atom. The van der Waals surface area contributed by atoms with Crippen molar-refractivity contribution in [3.63, 3.8) is 0 Å². The Bertz CT molecular complexity index is 2900. The normalized spacial score (nSPS) is 14.5. The van der Waals surface area contributed by atoms with Crippen molar-refractivity contribution in [2.75, 3.05) is 9.80 Å². The Kier molecular flexibility index (Phi) is 12.0. The summed E-state index contributed by atoms with van der Waals surface area (Å²) in [6.45, 7) is 48.7. The monoisotopic (exact) mass is 979 g/mol. The standard InChI is InChI=1S/C64H79BN4S2/c1-58(2,3)40-26-22-38(23-27-40)54-66-52-56(70-54)68(47-32-42(60(7,8)9)30-43(33-47)61(10,11)12)49-36-46(64(19,20)21)37-50-51(49)65(52)53-57(71-55(67-53)39-24-28-41(29-25-39)59(4,5)6)69(50)48-34-44(62(13,14)15)31-45(35-48)63(16,17)18/h22-37H,1-21H3. The summed E-state index contributed by atoms with van der Waals surface area (Å²) in [6, 6.07) is 38.1. The van der Waals surface area contributed by atoms with Crippen molar-refractivity contribution < 1.29 is 0 Å². The third-order valence-corrected chi connectivity index (χ3v) is 17.0. The third kappa shape index (κ3) is 9.48. The largest absolute Gasteiger partial charge is 0.301 e. The molecule has 0 unspecified atom stereocenters. The van der Waals surface area contributed by atoms with Crippen LogP contribution in [-0.2, 0) is 37.9 Å². The number of nitrogens with zero attached hydrogens (tertiary/aromatic N) is 4. The van der Waals surface area contributed by atoms with Crippen LogP contribution in [0.25, 0.3) is 21.1 Å². The number of hydrogen-bond acceptors (Lipinski definition) is 6. The number of hydrogen-bond donors (Lipinski definition) is 0. The molecule has 370 valence electrons. The van der Waals surface area contributed by atoms with Crippen molar-refractivity contribution in [1.29, 1.82) is 0 Å². The van der Waals surface area contributed by atoms with Gasteiger partial charge in [-0.2, -0.15) is 0 Å². The highest BCUT2D eigenvalue weighted by molar-refractivity contribution is 7.24. The maximum Gasteiger partial charge on any atom is 0.300 e. The lowest BCUT2D eigenvalue weighted by Crippen LogP contribution is -2.62. The van der Waals surface area contributed by atoms with Crippen LogP contribution in [0.1, 0.15) is 184 Å². The first-order valence-corrected chi connectivity index (χ1v) is 27.6. The molecule has 0 N–H and O–H groups in total. The molecule has 7 aromatic rings. The summed E-state index contributed by atoms with van der Waals surface area (Å²) < 4.78 is 0. The molecule has 5 aromatic carbocycles. The van der Waals surface area contributed by atoms with E-state index in [0.29, 0.717) is 0 Å². The number of thiazole rings is 2. The van der Waals surface area contributed by atoms with Gasteiger partial charge in [0.05, 0.1) is 11.2 Å². The molecule has 0 bridgehead atoms. The van der Waals surface area contributed by atoms with E-state index < -0.39 is 0 Å². The number of fused-ring (bicyclic) bond motifs is 4. The molecule has 0 aliphatic carbocycles. The molecule has 4 nitrogen and oxygen atoms in total. The molecular weight excluding hydrogens is 900 g/mol. The SMILES string of the molecule is CC(C)(C)c1ccc(-c2nc3c(s2)N(c2cc(C(C)(C)C)cc(C(C)(C)C)c2)c2cc(C(C)(C)C)cc4c2B3c2nc(-c3ccc(C(C)(C)C)cc3)sc2N4c2cc(C(C)(C)C)cc(C(C)(C)C)c2)cc1. The summed E-state index contributed by atoms with van der Waals surface area (Å²) in [5, 5.41) is 4.37. The zero-order valence-corrected chi connectivity index (χ0v) is 48.6. The molecule has 2 aliphatic heterocycles. The van der Waals surface area contributed by atoms with Gasteiger partial charge in [0.1, 0.15) is 20.0 Å². The van der Waals surface area contributed by atoms with Gasteiger partial charge in [0.15, 0.2) is 0 Å². The third-order valence-electron chi connectivity index (χ3n) is 14.8.